The Morgan fingerprint density at radius 2 is 1.83 bits per heavy atom. The van der Waals surface area contributed by atoms with Crippen molar-refractivity contribution in [3.8, 4) is 6.01 Å². The molecule has 2 aliphatic heterocycles. The van der Waals surface area contributed by atoms with Crippen molar-refractivity contribution in [2.45, 2.75) is 103 Å². The van der Waals surface area contributed by atoms with Crippen molar-refractivity contribution in [1.82, 2.24) is 29.3 Å². The summed E-state index contributed by atoms with van der Waals surface area (Å²) >= 11 is 0. The van der Waals surface area contributed by atoms with E-state index in [0.29, 0.717) is 81.9 Å². The lowest BCUT2D eigenvalue weighted by atomic mass is 9.42. The number of anilines is 1. The lowest BCUT2D eigenvalue weighted by Gasteiger charge is -2.64. The number of aromatic nitrogens is 4. The number of ether oxygens (including phenoxy) is 2. The normalized spacial score (nSPS) is 37.2. The molecule has 2 aromatic rings. The van der Waals surface area contributed by atoms with E-state index in [1.54, 1.807) is 12.4 Å². The van der Waals surface area contributed by atoms with E-state index in [1.807, 2.05) is 42.1 Å². The van der Waals surface area contributed by atoms with Gasteiger partial charge in [0.05, 0.1) is 32.2 Å². The molecule has 3 aliphatic carbocycles. The molecule has 0 spiro atoms. The number of hydrogen-bond acceptors (Lipinski definition) is 13. The van der Waals surface area contributed by atoms with Crippen molar-refractivity contribution in [3.63, 3.8) is 0 Å². The lowest BCUT2D eigenvalue weighted by molar-refractivity contribution is -0.252. The van der Waals surface area contributed by atoms with Crippen LogP contribution in [0.25, 0.3) is 11.2 Å². The smallest absolute Gasteiger partial charge is 0.320 e. The summed E-state index contributed by atoms with van der Waals surface area (Å²) < 4.78 is 13.6. The maximum atomic E-state index is 13.7. The Morgan fingerprint density at radius 3 is 2.50 bits per heavy atom. The van der Waals surface area contributed by atoms with Crippen LogP contribution < -0.4 is 15.4 Å². The van der Waals surface area contributed by atoms with Gasteiger partial charge in [-0.3, -0.25) is 19.3 Å². The minimum atomic E-state index is -1.10. The van der Waals surface area contributed by atoms with Gasteiger partial charge in [-0.05, 0) is 50.4 Å². The molecular formula is C39H58N8O7. The first-order valence-corrected chi connectivity index (χ1v) is 19.6. The number of esters is 1. The van der Waals surface area contributed by atoms with Crippen LogP contribution in [0.5, 0.6) is 6.01 Å². The Bertz CT molecular complexity index is 1800. The third-order valence-corrected chi connectivity index (χ3v) is 14.5. The molecule has 4 N–H and O–H groups in total. The molecule has 15 nitrogen and oxygen atoms in total. The first-order chi connectivity index (χ1) is 25.6. The highest BCUT2D eigenvalue weighted by Crippen LogP contribution is 2.69. The molecule has 296 valence electrons. The van der Waals surface area contributed by atoms with E-state index in [2.05, 4.69) is 26.4 Å². The highest BCUT2D eigenvalue weighted by Gasteiger charge is 2.72. The van der Waals surface area contributed by atoms with Crippen LogP contribution in [0.3, 0.4) is 0 Å². The number of Topliss-reactive ketones (excluding diaryl/α,β-unsaturated/α-hetero) is 1. The summed E-state index contributed by atoms with van der Waals surface area (Å²) in [6.07, 6.45) is 5.10. The number of aryl methyl sites for hydroxylation is 1. The predicted octanol–water partition coefficient (Wildman–Crippen LogP) is 1.93. The highest BCUT2D eigenvalue weighted by molar-refractivity contribution is 5.86. The van der Waals surface area contributed by atoms with Crippen LogP contribution >= 0.6 is 0 Å². The summed E-state index contributed by atoms with van der Waals surface area (Å²) in [6, 6.07) is 0.304. The zero-order chi connectivity index (χ0) is 38.8. The van der Waals surface area contributed by atoms with Gasteiger partial charge in [0.2, 0.25) is 5.91 Å². The third kappa shape index (κ3) is 6.19. The standard InChI is InChI=1S/C39H58N8O7/c1-7-36(3)20-27(49)38(5)31-26(48)8-11-39(31,24(2)32(36)52)13-12-37(38,4)54-29(51)22-44-16-18-45(19-17-44)28(50)10-15-47-23-41-30-33(46-14-9-25(40)21-46)42-35(53-6)43-34(30)47/h7,23-25,27,31-32,49,52H,1,8-22,40H2,2-6H3. The maximum absolute atomic E-state index is 13.7. The molecule has 1 amide bonds. The molecule has 5 aliphatic rings. The molecule has 0 aromatic carbocycles. The summed E-state index contributed by atoms with van der Waals surface area (Å²) in [5.74, 6) is -0.394. The number of carbonyl (C=O) groups excluding carboxylic acids is 3. The Kier molecular flexibility index (Phi) is 10.1. The van der Waals surface area contributed by atoms with Gasteiger partial charge in [-0.1, -0.05) is 26.8 Å². The van der Waals surface area contributed by atoms with Crippen LogP contribution in [0.15, 0.2) is 19.0 Å². The first kappa shape index (κ1) is 38.6. The van der Waals surface area contributed by atoms with Crippen molar-refractivity contribution in [2.75, 3.05) is 57.8 Å². The van der Waals surface area contributed by atoms with E-state index < -0.39 is 45.9 Å². The molecule has 15 heteroatoms. The monoisotopic (exact) mass is 750 g/mol. The van der Waals surface area contributed by atoms with E-state index in [1.165, 1.54) is 7.11 Å². The van der Waals surface area contributed by atoms with Gasteiger partial charge < -0.3 is 39.8 Å². The minimum absolute atomic E-state index is 0.00216. The predicted molar refractivity (Wildman–Crippen MR) is 200 cm³/mol. The molecule has 2 saturated heterocycles. The second-order valence-corrected chi connectivity index (χ2v) is 17.3. The molecule has 3 saturated carbocycles. The summed E-state index contributed by atoms with van der Waals surface area (Å²) in [7, 11) is 1.52. The number of imidazole rings is 1. The van der Waals surface area contributed by atoms with Crippen LogP contribution in [0.2, 0.25) is 0 Å². The average molecular weight is 751 g/mol. The van der Waals surface area contributed by atoms with Crippen molar-refractivity contribution in [3.05, 3.63) is 19.0 Å². The van der Waals surface area contributed by atoms with Gasteiger partial charge in [-0.2, -0.15) is 9.97 Å². The Balaban J connectivity index is 0.975. The SMILES string of the molecule is C=CC1(C)CC(O)C2(C)C3C(=O)CCC3(CCC2(C)OC(=O)CN2CCN(C(=O)CCn3cnc4c(N5CCC(N)C5)nc(OC)nc43)CC2)C(C)C1O. The van der Waals surface area contributed by atoms with Crippen molar-refractivity contribution in [2.24, 2.45) is 33.8 Å². The van der Waals surface area contributed by atoms with Gasteiger partial charge in [0.1, 0.15) is 11.4 Å². The fraction of sp³-hybridized carbons (Fsp3) is 0.744. The molecular weight excluding hydrogens is 692 g/mol. The molecule has 5 fully saturated rings. The average Bonchev–Trinajstić information content (AvgIpc) is 3.88. The number of aliphatic hydroxyl groups excluding tert-OH is 2. The van der Waals surface area contributed by atoms with Crippen molar-refractivity contribution < 1.29 is 34.1 Å². The molecule has 4 heterocycles. The second-order valence-electron chi connectivity index (χ2n) is 17.3. The van der Waals surface area contributed by atoms with E-state index in [0.717, 1.165) is 13.0 Å². The maximum Gasteiger partial charge on any atom is 0.320 e. The number of ketones is 1. The van der Waals surface area contributed by atoms with Crippen LogP contribution in [0.1, 0.15) is 72.6 Å². The topological polar surface area (TPSA) is 189 Å². The molecule has 2 aromatic heterocycles. The van der Waals surface area contributed by atoms with Crippen molar-refractivity contribution in [1.29, 1.82) is 0 Å². The highest BCUT2D eigenvalue weighted by atomic mass is 16.6. The number of fused-ring (bicyclic) bond motifs is 1. The molecule has 0 radical (unpaired) electrons. The van der Waals surface area contributed by atoms with Gasteiger partial charge in [-0.15, -0.1) is 6.58 Å². The number of nitrogens with two attached hydrogens (primary N) is 1. The fourth-order valence-corrected chi connectivity index (χ4v) is 10.8. The summed E-state index contributed by atoms with van der Waals surface area (Å²) in [5.41, 5.74) is 3.97. The Morgan fingerprint density at radius 1 is 1.09 bits per heavy atom. The van der Waals surface area contributed by atoms with Crippen molar-refractivity contribution >= 4 is 34.6 Å². The van der Waals surface area contributed by atoms with Gasteiger partial charge in [0, 0.05) is 81.4 Å². The number of methoxy groups -OCH3 is 1. The third-order valence-electron chi connectivity index (χ3n) is 14.5. The van der Waals surface area contributed by atoms with Gasteiger partial charge in [0.15, 0.2) is 17.0 Å². The number of carbonyl (C=O) groups is 3. The zero-order valence-corrected chi connectivity index (χ0v) is 32.5. The fourth-order valence-electron chi connectivity index (χ4n) is 10.8. The largest absolute Gasteiger partial charge is 0.467 e. The molecule has 9 unspecified atom stereocenters. The number of piperazine rings is 1. The van der Waals surface area contributed by atoms with E-state index in [4.69, 9.17) is 15.2 Å². The van der Waals surface area contributed by atoms with Gasteiger partial charge in [0.25, 0.3) is 0 Å². The molecule has 9 atom stereocenters. The number of amides is 1. The van der Waals surface area contributed by atoms with Crippen LogP contribution in [0.4, 0.5) is 5.82 Å². The first-order valence-electron chi connectivity index (χ1n) is 19.6. The second kappa shape index (κ2) is 14.1. The zero-order valence-electron chi connectivity index (χ0n) is 32.5. The van der Waals surface area contributed by atoms with Crippen LogP contribution in [0, 0.1) is 28.1 Å². The van der Waals surface area contributed by atoms with Gasteiger partial charge in [-0.25, -0.2) is 4.98 Å². The Hall–Kier alpha value is -3.66. The van der Waals surface area contributed by atoms with Crippen LogP contribution in [-0.4, -0.2) is 134 Å². The molecule has 7 rings (SSSR count). The van der Waals surface area contributed by atoms with E-state index >= 15 is 0 Å². The van der Waals surface area contributed by atoms with E-state index in [-0.39, 0.29) is 49.0 Å². The number of rotatable bonds is 9. The summed E-state index contributed by atoms with van der Waals surface area (Å²) in [5, 5.41) is 23.6. The molecule has 54 heavy (non-hydrogen) atoms. The quantitative estimate of drug-likeness (QED) is 0.249. The summed E-state index contributed by atoms with van der Waals surface area (Å²) in [4.78, 5) is 60.4. The summed E-state index contributed by atoms with van der Waals surface area (Å²) in [6.45, 7) is 15.6. The minimum Gasteiger partial charge on any atom is -0.467 e. The molecule has 2 bridgehead atoms. The van der Waals surface area contributed by atoms with E-state index in [9.17, 15) is 24.6 Å². The number of nitrogens with zero attached hydrogens (tertiary/aromatic N) is 7. The van der Waals surface area contributed by atoms with Gasteiger partial charge >= 0.3 is 12.0 Å². The van der Waals surface area contributed by atoms with Crippen LogP contribution in [-0.2, 0) is 25.7 Å². The Labute approximate surface area is 317 Å². The number of hydrogen-bond donors (Lipinski definition) is 3. The number of aliphatic hydroxyl groups is 2. The lowest BCUT2D eigenvalue weighted by Crippen LogP contribution is -2.69.